The molecule has 8 heteroatoms. The molecule has 3 heterocycles. The zero-order valence-electron chi connectivity index (χ0n) is 14.7. The van der Waals surface area contributed by atoms with Crippen LogP contribution in [0.15, 0.2) is 52.2 Å². The van der Waals surface area contributed by atoms with E-state index >= 15 is 0 Å². The van der Waals surface area contributed by atoms with Crippen molar-refractivity contribution >= 4 is 27.1 Å². The van der Waals surface area contributed by atoms with Crippen molar-refractivity contribution in [3.63, 3.8) is 0 Å². The molecule has 0 fully saturated rings. The number of aromatic nitrogens is 2. The van der Waals surface area contributed by atoms with Gasteiger partial charge < -0.3 is 4.57 Å². The first-order chi connectivity index (χ1) is 12.3. The monoisotopic (exact) mass is 389 g/mol. The first-order valence-corrected chi connectivity index (χ1v) is 10.3. The Morgan fingerprint density at radius 2 is 2.00 bits per heavy atom. The number of hydrogen-bond acceptors (Lipinski definition) is 5. The number of aryl methyl sites for hydroxylation is 1. The highest BCUT2D eigenvalue weighted by Crippen LogP contribution is 2.22. The summed E-state index contributed by atoms with van der Waals surface area (Å²) < 4.78 is 28.2. The van der Waals surface area contributed by atoms with Gasteiger partial charge in [0.05, 0.1) is 6.54 Å². The third-order valence-corrected chi connectivity index (χ3v) is 7.31. The highest BCUT2D eigenvalue weighted by atomic mass is 32.2. The van der Waals surface area contributed by atoms with Crippen LogP contribution in [0.4, 0.5) is 0 Å². The summed E-state index contributed by atoms with van der Waals surface area (Å²) in [6.07, 6.45) is 1.69. The summed E-state index contributed by atoms with van der Waals surface area (Å²) in [6, 6.07) is 10.6. The van der Waals surface area contributed by atoms with Crippen molar-refractivity contribution in [2.24, 2.45) is 0 Å². The number of likely N-dealkylation sites (N-methyl/N-ethyl adjacent to an activating group) is 1. The van der Waals surface area contributed by atoms with Gasteiger partial charge in [0.25, 0.3) is 10.0 Å². The van der Waals surface area contributed by atoms with Crippen molar-refractivity contribution in [2.45, 2.75) is 18.1 Å². The molecule has 0 bridgehead atoms. The first kappa shape index (κ1) is 18.5. The van der Waals surface area contributed by atoms with Gasteiger partial charge in [0.1, 0.15) is 10.0 Å². The number of rotatable bonds is 6. The Hall–Kier alpha value is -2.29. The second-order valence-corrected chi connectivity index (χ2v) is 9.14. The Bertz CT molecular complexity index is 1020. The van der Waals surface area contributed by atoms with Crippen molar-refractivity contribution in [2.75, 3.05) is 13.6 Å². The molecule has 0 radical (unpaired) electrons. The predicted molar refractivity (Wildman–Crippen MR) is 102 cm³/mol. The molecule has 0 atom stereocenters. The number of nitrogens with zero attached hydrogens (tertiary/aromatic N) is 3. The zero-order chi connectivity index (χ0) is 18.9. The van der Waals surface area contributed by atoms with Gasteiger partial charge in [-0.15, -0.1) is 11.3 Å². The quantitative estimate of drug-likeness (QED) is 0.608. The minimum atomic E-state index is -3.66. The van der Waals surface area contributed by atoms with E-state index in [1.165, 1.54) is 13.1 Å². The third kappa shape index (κ3) is 3.35. The summed E-state index contributed by atoms with van der Waals surface area (Å²) in [5, 5.41) is 1.70. The van der Waals surface area contributed by atoms with Crippen molar-refractivity contribution < 1.29 is 13.2 Å². The fourth-order valence-electron chi connectivity index (χ4n) is 2.82. The molecule has 3 rings (SSSR count). The summed E-state index contributed by atoms with van der Waals surface area (Å²) in [7, 11) is -2.23. The molecule has 0 N–H and O–H groups in total. The van der Waals surface area contributed by atoms with E-state index in [1.807, 2.05) is 36.6 Å². The van der Waals surface area contributed by atoms with E-state index in [4.69, 9.17) is 0 Å². The Labute approximate surface area is 156 Å². The van der Waals surface area contributed by atoms with Gasteiger partial charge >= 0.3 is 0 Å². The van der Waals surface area contributed by atoms with Crippen LogP contribution in [0.25, 0.3) is 5.82 Å². The molecule has 0 unspecified atom stereocenters. The second-order valence-electron chi connectivity index (χ2n) is 5.92. The van der Waals surface area contributed by atoms with Crippen LogP contribution in [0.2, 0.25) is 0 Å². The number of hydrogen-bond donors (Lipinski definition) is 0. The Morgan fingerprint density at radius 3 is 2.62 bits per heavy atom. The van der Waals surface area contributed by atoms with E-state index in [0.29, 0.717) is 5.56 Å². The van der Waals surface area contributed by atoms with Crippen LogP contribution < -0.4 is 0 Å². The Balaban J connectivity index is 1.88. The minimum Gasteiger partial charge on any atom is -0.302 e. The van der Waals surface area contributed by atoms with Crippen LogP contribution in [-0.4, -0.2) is 41.6 Å². The van der Waals surface area contributed by atoms with Crippen LogP contribution >= 0.6 is 11.3 Å². The van der Waals surface area contributed by atoms with Gasteiger partial charge in [0, 0.05) is 30.2 Å². The number of Topliss-reactive ketones (excluding diaryl/α,β-unsaturated/α-hetero) is 1. The summed E-state index contributed by atoms with van der Waals surface area (Å²) in [5.41, 5.74) is 2.11. The smallest absolute Gasteiger partial charge is 0.252 e. The molecule has 0 aromatic carbocycles. The molecule has 3 aromatic rings. The molecule has 26 heavy (non-hydrogen) atoms. The number of sulfonamides is 1. The third-order valence-electron chi connectivity index (χ3n) is 4.14. The highest BCUT2D eigenvalue weighted by molar-refractivity contribution is 7.91. The minimum absolute atomic E-state index is 0.216. The lowest BCUT2D eigenvalue weighted by Gasteiger charge is -2.15. The van der Waals surface area contributed by atoms with E-state index < -0.39 is 10.0 Å². The van der Waals surface area contributed by atoms with Gasteiger partial charge in [0.15, 0.2) is 5.78 Å². The van der Waals surface area contributed by atoms with E-state index in [0.717, 1.165) is 32.8 Å². The summed E-state index contributed by atoms with van der Waals surface area (Å²) in [6.45, 7) is 3.51. The highest BCUT2D eigenvalue weighted by Gasteiger charge is 2.26. The molecule has 0 aliphatic rings. The van der Waals surface area contributed by atoms with Crippen LogP contribution in [0, 0.1) is 13.8 Å². The molecular formula is C18H19N3O3S2. The van der Waals surface area contributed by atoms with Crippen molar-refractivity contribution in [3.8, 4) is 5.82 Å². The van der Waals surface area contributed by atoms with Gasteiger partial charge in [0.2, 0.25) is 0 Å². The molecular weight excluding hydrogens is 370 g/mol. The average Bonchev–Trinajstić information content (AvgIpc) is 3.24. The Kier molecular flexibility index (Phi) is 5.08. The normalized spacial score (nSPS) is 11.8. The van der Waals surface area contributed by atoms with E-state index in [2.05, 4.69) is 4.98 Å². The molecule has 0 saturated heterocycles. The SMILES string of the molecule is Cc1cc(C(=O)CN(C)S(=O)(=O)c2cccs2)c(C)n1-c1ccccn1. The largest absolute Gasteiger partial charge is 0.302 e. The van der Waals surface area contributed by atoms with Crippen molar-refractivity contribution in [1.29, 1.82) is 0 Å². The van der Waals surface area contributed by atoms with Crippen LogP contribution in [-0.2, 0) is 10.0 Å². The topological polar surface area (TPSA) is 72.3 Å². The molecule has 0 aliphatic heterocycles. The van der Waals surface area contributed by atoms with Gasteiger partial charge in [-0.1, -0.05) is 12.1 Å². The van der Waals surface area contributed by atoms with Crippen molar-refractivity contribution in [3.05, 3.63) is 64.9 Å². The number of ketones is 1. The lowest BCUT2D eigenvalue weighted by atomic mass is 10.1. The van der Waals surface area contributed by atoms with Gasteiger partial charge in [-0.2, -0.15) is 4.31 Å². The van der Waals surface area contributed by atoms with E-state index in [9.17, 15) is 13.2 Å². The van der Waals surface area contributed by atoms with Gasteiger partial charge in [-0.05, 0) is 43.5 Å². The first-order valence-electron chi connectivity index (χ1n) is 7.95. The maximum atomic E-state index is 12.8. The van der Waals surface area contributed by atoms with Crippen LogP contribution in [0.1, 0.15) is 21.7 Å². The molecule has 0 saturated carbocycles. The predicted octanol–water partition coefficient (Wildman–Crippen LogP) is 3.05. The summed E-state index contributed by atoms with van der Waals surface area (Å²) in [4.78, 5) is 17.1. The molecule has 0 amide bonds. The summed E-state index contributed by atoms with van der Waals surface area (Å²) in [5.74, 6) is 0.476. The maximum absolute atomic E-state index is 12.8. The zero-order valence-corrected chi connectivity index (χ0v) is 16.3. The maximum Gasteiger partial charge on any atom is 0.252 e. The fourth-order valence-corrected chi connectivity index (χ4v) is 5.15. The molecule has 0 aliphatic carbocycles. The fraction of sp³-hybridized carbons (Fsp3) is 0.222. The summed E-state index contributed by atoms with van der Waals surface area (Å²) >= 11 is 1.13. The molecule has 3 aromatic heterocycles. The number of thiophene rings is 1. The number of carbonyl (C=O) groups is 1. The van der Waals surface area contributed by atoms with Crippen molar-refractivity contribution in [1.82, 2.24) is 13.9 Å². The number of carbonyl (C=O) groups excluding carboxylic acids is 1. The lowest BCUT2D eigenvalue weighted by Crippen LogP contribution is -2.32. The Morgan fingerprint density at radius 1 is 1.23 bits per heavy atom. The molecule has 0 spiro atoms. The lowest BCUT2D eigenvalue weighted by molar-refractivity contribution is 0.0972. The van der Waals surface area contributed by atoms with Gasteiger partial charge in [-0.25, -0.2) is 13.4 Å². The second kappa shape index (κ2) is 7.14. The molecule has 6 nitrogen and oxygen atoms in total. The van der Waals surface area contributed by atoms with Crippen LogP contribution in [0.5, 0.6) is 0 Å². The van der Waals surface area contributed by atoms with Crippen LogP contribution in [0.3, 0.4) is 0 Å². The molecule has 136 valence electrons. The van der Waals surface area contributed by atoms with E-state index in [1.54, 1.807) is 23.7 Å². The van der Waals surface area contributed by atoms with E-state index in [-0.39, 0.29) is 16.5 Å². The average molecular weight is 390 g/mol. The van der Waals surface area contributed by atoms with Gasteiger partial charge in [-0.3, -0.25) is 4.79 Å². The standard InChI is InChI=1S/C18H19N3O3S2/c1-13-11-15(14(2)21(13)17-7-4-5-9-19-17)16(22)12-20(3)26(23,24)18-8-6-10-25-18/h4-11H,12H2,1-3H3. The number of pyridine rings is 1.